The van der Waals surface area contributed by atoms with Gasteiger partial charge in [-0.3, -0.25) is 0 Å². The van der Waals surface area contributed by atoms with Crippen molar-refractivity contribution in [2.45, 2.75) is 25.8 Å². The third-order valence-corrected chi connectivity index (χ3v) is 8.19. The van der Waals surface area contributed by atoms with Crippen molar-refractivity contribution < 1.29 is 12.3 Å². The molecule has 0 N–H and O–H groups in total. The predicted molar refractivity (Wildman–Crippen MR) is 47.2 cm³/mol. The van der Waals surface area contributed by atoms with Gasteiger partial charge >= 0.3 is 9.28 Å². The molecule has 0 amide bonds. The Bertz CT molecular complexity index is 95.7. The van der Waals surface area contributed by atoms with Crippen molar-refractivity contribution in [3.05, 3.63) is 0 Å². The third-order valence-electron chi connectivity index (χ3n) is 1.74. The van der Waals surface area contributed by atoms with Gasteiger partial charge < -0.3 is 12.3 Å². The average molecular weight is 194 g/mol. The summed E-state index contributed by atoms with van der Waals surface area (Å²) in [5, 5.41) is 0. The molecule has 1 heterocycles. The minimum absolute atomic E-state index is 0.593. The van der Waals surface area contributed by atoms with E-state index in [1.54, 1.807) is 0 Å². The highest BCUT2D eigenvalue weighted by Crippen LogP contribution is 2.16. The molecule has 10 heavy (non-hydrogen) atoms. The van der Waals surface area contributed by atoms with Gasteiger partial charge in [0.1, 0.15) is 0 Å². The lowest BCUT2D eigenvalue weighted by atomic mass is 10.4. The molecule has 1 fully saturated rings. The maximum Gasteiger partial charge on any atom is 0.305 e. The second-order valence-electron chi connectivity index (χ2n) is 2.53. The Hall–Kier alpha value is 0.531. The summed E-state index contributed by atoms with van der Waals surface area (Å²) in [6, 6.07) is 0. The van der Waals surface area contributed by atoms with Crippen molar-refractivity contribution in [2.75, 3.05) is 0 Å². The van der Waals surface area contributed by atoms with Crippen LogP contribution in [-0.4, -0.2) is 29.3 Å². The van der Waals surface area contributed by atoms with E-state index in [9.17, 15) is 0 Å². The summed E-state index contributed by atoms with van der Waals surface area (Å²) in [4.78, 5) is 0. The van der Waals surface area contributed by atoms with Gasteiger partial charge in [0.15, 0.2) is 0 Å². The van der Waals surface area contributed by atoms with Crippen LogP contribution in [0.25, 0.3) is 0 Å². The quantitative estimate of drug-likeness (QED) is 0.532. The highest BCUT2D eigenvalue weighted by Gasteiger charge is 2.23. The fourth-order valence-electron chi connectivity index (χ4n) is 0.833. The molecule has 6 heteroatoms. The Labute approximate surface area is 68.0 Å². The largest absolute Gasteiger partial charge is 0.425 e. The molecule has 3 nitrogen and oxygen atoms in total. The molecule has 0 aromatic rings. The smallest absolute Gasteiger partial charge is 0.305 e. The Morgan fingerprint density at radius 2 is 2.00 bits per heavy atom. The first-order valence-corrected chi connectivity index (χ1v) is 7.57. The van der Waals surface area contributed by atoms with Gasteiger partial charge in [-0.2, -0.15) is 0 Å². The lowest BCUT2D eigenvalue weighted by Crippen LogP contribution is -2.37. The zero-order valence-electron chi connectivity index (χ0n) is 6.50. The summed E-state index contributed by atoms with van der Waals surface area (Å²) in [5.74, 6) is 0. The van der Waals surface area contributed by atoms with Crippen molar-refractivity contribution in [3.8, 4) is 0 Å². The van der Waals surface area contributed by atoms with E-state index in [1.807, 2.05) is 0 Å². The average Bonchev–Trinajstić information content (AvgIpc) is 2.05. The van der Waals surface area contributed by atoms with E-state index < -0.39 is 29.3 Å². The van der Waals surface area contributed by atoms with Crippen LogP contribution in [0.4, 0.5) is 0 Å². The summed E-state index contributed by atoms with van der Waals surface area (Å²) in [6.45, 7) is 4.40. The van der Waals surface area contributed by atoms with Gasteiger partial charge in [0, 0.05) is 0 Å². The molecule has 0 saturated carbocycles. The standard InChI is InChI=1S/C4H14O3Si3/c1-3-4(2)10-6-8-5-9-7-10/h4,10H,3,8-9H2,1-2H3. The van der Waals surface area contributed by atoms with Gasteiger partial charge in [-0.1, -0.05) is 20.3 Å². The van der Waals surface area contributed by atoms with E-state index in [0.29, 0.717) is 5.54 Å². The number of rotatable bonds is 2. The topological polar surface area (TPSA) is 27.7 Å². The molecule has 0 radical (unpaired) electrons. The molecule has 60 valence electrons. The third kappa shape index (κ3) is 2.29. The van der Waals surface area contributed by atoms with Crippen LogP contribution in [0.15, 0.2) is 0 Å². The molecule has 0 aromatic carbocycles. The molecule has 1 aliphatic rings. The molecule has 0 aliphatic carbocycles. The highest BCUT2D eigenvalue weighted by molar-refractivity contribution is 6.62. The minimum atomic E-state index is -1.22. The zero-order chi connectivity index (χ0) is 7.40. The normalized spacial score (nSPS) is 34.8. The minimum Gasteiger partial charge on any atom is -0.425 e. The maximum atomic E-state index is 5.50. The molecule has 1 aliphatic heterocycles. The second-order valence-corrected chi connectivity index (χ2v) is 9.17. The molecule has 0 spiro atoms. The van der Waals surface area contributed by atoms with Crippen molar-refractivity contribution in [3.63, 3.8) is 0 Å². The van der Waals surface area contributed by atoms with Crippen LogP contribution < -0.4 is 0 Å². The van der Waals surface area contributed by atoms with E-state index in [1.165, 1.54) is 6.42 Å². The first-order valence-electron chi connectivity index (χ1n) is 3.65. The van der Waals surface area contributed by atoms with Crippen molar-refractivity contribution in [2.24, 2.45) is 0 Å². The molecular formula is C4H14O3Si3. The van der Waals surface area contributed by atoms with E-state index in [2.05, 4.69) is 13.8 Å². The van der Waals surface area contributed by atoms with Gasteiger partial charge in [-0.15, -0.1) is 0 Å². The van der Waals surface area contributed by atoms with Gasteiger partial charge in [-0.05, 0) is 5.54 Å². The van der Waals surface area contributed by atoms with E-state index in [4.69, 9.17) is 12.3 Å². The van der Waals surface area contributed by atoms with Gasteiger partial charge in [0.05, 0.1) is 0 Å². The SMILES string of the molecule is CCC(C)[SiH]1O[SiH2]O[SiH2]O1. The molecule has 1 saturated heterocycles. The van der Waals surface area contributed by atoms with Gasteiger partial charge in [0.25, 0.3) is 20.0 Å². The number of hydrogen-bond donors (Lipinski definition) is 0. The Balaban J connectivity index is 2.24. The van der Waals surface area contributed by atoms with Crippen LogP contribution >= 0.6 is 0 Å². The summed E-state index contributed by atoms with van der Waals surface area (Å²) < 4.78 is 16.2. The van der Waals surface area contributed by atoms with E-state index in [-0.39, 0.29) is 0 Å². The maximum absolute atomic E-state index is 5.50. The van der Waals surface area contributed by atoms with Crippen molar-refractivity contribution in [1.29, 1.82) is 0 Å². The fourth-order valence-corrected chi connectivity index (χ4v) is 8.94. The molecule has 1 rings (SSSR count). The molecule has 0 aromatic heterocycles. The fraction of sp³-hybridized carbons (Fsp3) is 1.00. The van der Waals surface area contributed by atoms with E-state index >= 15 is 0 Å². The molecule has 1 unspecified atom stereocenters. The molecule has 0 bridgehead atoms. The first-order chi connectivity index (χ1) is 4.84. The van der Waals surface area contributed by atoms with Crippen LogP contribution in [0.5, 0.6) is 0 Å². The highest BCUT2D eigenvalue weighted by atomic mass is 28.4. The zero-order valence-corrected chi connectivity index (χ0v) is 10.5. The summed E-state index contributed by atoms with van der Waals surface area (Å²) in [7, 11) is -2.41. The molecular weight excluding hydrogens is 180 g/mol. The predicted octanol–water partition coefficient (Wildman–Crippen LogP) is -0.932. The van der Waals surface area contributed by atoms with Crippen molar-refractivity contribution in [1.82, 2.24) is 0 Å². The summed E-state index contributed by atoms with van der Waals surface area (Å²) in [5.41, 5.74) is 0.670. The monoisotopic (exact) mass is 194 g/mol. The Kier molecular flexibility index (Phi) is 3.81. The Morgan fingerprint density at radius 3 is 2.50 bits per heavy atom. The lowest BCUT2D eigenvalue weighted by Gasteiger charge is -2.26. The number of hydrogen-bond acceptors (Lipinski definition) is 3. The molecule has 1 atom stereocenters. The van der Waals surface area contributed by atoms with E-state index in [0.717, 1.165) is 0 Å². The van der Waals surface area contributed by atoms with Crippen LogP contribution in [0.1, 0.15) is 20.3 Å². The van der Waals surface area contributed by atoms with Crippen LogP contribution in [0.2, 0.25) is 5.54 Å². The van der Waals surface area contributed by atoms with Crippen LogP contribution in [0, 0.1) is 0 Å². The summed E-state index contributed by atoms with van der Waals surface area (Å²) in [6.07, 6.45) is 1.18. The van der Waals surface area contributed by atoms with Gasteiger partial charge in [-0.25, -0.2) is 0 Å². The van der Waals surface area contributed by atoms with Gasteiger partial charge in [0.2, 0.25) is 0 Å². The second kappa shape index (κ2) is 4.42. The first kappa shape index (κ1) is 8.63. The summed E-state index contributed by atoms with van der Waals surface area (Å²) >= 11 is 0. The van der Waals surface area contributed by atoms with Crippen LogP contribution in [-0.2, 0) is 12.3 Å². The van der Waals surface area contributed by atoms with Crippen molar-refractivity contribution >= 4 is 29.3 Å². The Morgan fingerprint density at radius 1 is 1.40 bits per heavy atom. The van der Waals surface area contributed by atoms with Crippen LogP contribution in [0.3, 0.4) is 0 Å². The lowest BCUT2D eigenvalue weighted by molar-refractivity contribution is 0.312.